The van der Waals surface area contributed by atoms with Crippen LogP contribution < -0.4 is 0 Å². The average Bonchev–Trinajstić information content (AvgIpc) is 2.52. The van der Waals surface area contributed by atoms with E-state index in [1.807, 2.05) is 0 Å². The van der Waals surface area contributed by atoms with E-state index >= 15 is 0 Å². The van der Waals surface area contributed by atoms with Crippen LogP contribution in [0.5, 0.6) is 0 Å². The summed E-state index contributed by atoms with van der Waals surface area (Å²) >= 11 is 11.8. The Morgan fingerprint density at radius 2 is 1.71 bits per heavy atom. The van der Waals surface area contributed by atoms with Crippen molar-refractivity contribution < 1.29 is 0 Å². The molecule has 2 aromatic heterocycles. The van der Waals surface area contributed by atoms with Crippen LogP contribution in [0.25, 0.3) is 11.4 Å². The molecule has 0 bridgehead atoms. The lowest BCUT2D eigenvalue weighted by atomic mass is 10.3. The monoisotopic (exact) mass is 229 g/mol. The van der Waals surface area contributed by atoms with Crippen LogP contribution in [-0.2, 0) is 7.05 Å². The topological polar surface area (TPSA) is 56.5 Å². The maximum absolute atomic E-state index is 5.88. The molecule has 0 saturated carbocycles. The third kappa shape index (κ3) is 1.44. The minimum atomic E-state index is 0.265. The molecule has 5 nitrogen and oxygen atoms in total. The molecule has 0 aliphatic carbocycles. The largest absolute Gasteiger partial charge is 0.249 e. The van der Waals surface area contributed by atoms with Gasteiger partial charge in [-0.25, -0.2) is 19.6 Å². The van der Waals surface area contributed by atoms with E-state index in [2.05, 4.69) is 20.1 Å². The summed E-state index contributed by atoms with van der Waals surface area (Å²) in [6.07, 6.45) is 2.71. The van der Waals surface area contributed by atoms with E-state index in [1.54, 1.807) is 11.7 Å². The number of halogens is 2. The Hall–Kier alpha value is -1.20. The molecule has 72 valence electrons. The second kappa shape index (κ2) is 3.51. The molecule has 0 aromatic carbocycles. The third-order valence-electron chi connectivity index (χ3n) is 1.69. The van der Waals surface area contributed by atoms with Gasteiger partial charge in [-0.15, -0.1) is 0 Å². The summed E-state index contributed by atoms with van der Waals surface area (Å²) in [6, 6.07) is 0. The van der Waals surface area contributed by atoms with Crippen LogP contribution in [0.4, 0.5) is 0 Å². The molecule has 0 aliphatic rings. The quantitative estimate of drug-likeness (QED) is 0.698. The Labute approximate surface area is 89.7 Å². The number of nitrogens with zero attached hydrogens (tertiary/aromatic N) is 5. The maximum atomic E-state index is 5.88. The van der Waals surface area contributed by atoms with Crippen molar-refractivity contribution in [3.63, 3.8) is 0 Å². The zero-order chi connectivity index (χ0) is 10.1. The van der Waals surface area contributed by atoms with Crippen LogP contribution in [0, 0.1) is 0 Å². The first-order chi connectivity index (χ1) is 6.70. The lowest BCUT2D eigenvalue weighted by Crippen LogP contribution is -1.97. The second-order valence-electron chi connectivity index (χ2n) is 2.54. The van der Waals surface area contributed by atoms with Crippen molar-refractivity contribution in [2.24, 2.45) is 7.05 Å². The van der Waals surface area contributed by atoms with Crippen LogP contribution in [-0.4, -0.2) is 24.7 Å². The van der Waals surface area contributed by atoms with Gasteiger partial charge < -0.3 is 0 Å². The summed E-state index contributed by atoms with van der Waals surface area (Å²) in [4.78, 5) is 11.7. The van der Waals surface area contributed by atoms with Crippen molar-refractivity contribution in [2.45, 2.75) is 0 Å². The molecule has 0 aliphatic heterocycles. The van der Waals surface area contributed by atoms with Crippen LogP contribution >= 0.6 is 23.2 Å². The minimum absolute atomic E-state index is 0.265. The molecule has 2 rings (SSSR count). The molecular weight excluding hydrogens is 225 g/mol. The molecule has 0 unspecified atom stereocenters. The molecule has 0 amide bonds. The Kier molecular flexibility index (Phi) is 2.35. The van der Waals surface area contributed by atoms with Crippen molar-refractivity contribution in [1.82, 2.24) is 24.7 Å². The minimum Gasteiger partial charge on any atom is -0.249 e. The van der Waals surface area contributed by atoms with Crippen molar-refractivity contribution in [3.8, 4) is 11.4 Å². The molecule has 0 radical (unpaired) electrons. The Bertz CT molecular complexity index is 447. The molecular formula is C7H5Cl2N5. The Morgan fingerprint density at radius 3 is 2.21 bits per heavy atom. The molecule has 0 N–H and O–H groups in total. The van der Waals surface area contributed by atoms with Crippen LogP contribution in [0.1, 0.15) is 0 Å². The van der Waals surface area contributed by atoms with Crippen LogP contribution in [0.2, 0.25) is 10.3 Å². The fourth-order valence-electron chi connectivity index (χ4n) is 1.05. The highest BCUT2D eigenvalue weighted by Gasteiger charge is 2.14. The van der Waals surface area contributed by atoms with Gasteiger partial charge in [-0.05, 0) is 0 Å². The predicted molar refractivity (Wildman–Crippen MR) is 52.0 cm³/mol. The van der Waals surface area contributed by atoms with Crippen molar-refractivity contribution >= 4 is 23.2 Å². The summed E-state index contributed by atoms with van der Waals surface area (Å²) in [7, 11) is 1.74. The fraction of sp³-hybridized carbons (Fsp3) is 0.143. The summed E-state index contributed by atoms with van der Waals surface area (Å²) < 4.78 is 1.55. The van der Waals surface area contributed by atoms with E-state index < -0.39 is 0 Å². The molecule has 7 heteroatoms. The number of hydrogen-bond acceptors (Lipinski definition) is 4. The summed E-state index contributed by atoms with van der Waals surface area (Å²) in [5, 5.41) is 4.44. The van der Waals surface area contributed by atoms with Crippen molar-refractivity contribution in [2.75, 3.05) is 0 Å². The highest BCUT2D eigenvalue weighted by molar-refractivity contribution is 6.37. The molecule has 2 aromatic rings. The second-order valence-corrected chi connectivity index (χ2v) is 3.25. The SMILES string of the molecule is Cn1ncnc1-c1c(Cl)ncnc1Cl. The average molecular weight is 230 g/mol. The van der Waals surface area contributed by atoms with Crippen molar-refractivity contribution in [1.29, 1.82) is 0 Å². The van der Waals surface area contributed by atoms with Gasteiger partial charge in [-0.3, -0.25) is 0 Å². The van der Waals surface area contributed by atoms with Gasteiger partial charge in [0.1, 0.15) is 23.0 Å². The van der Waals surface area contributed by atoms with Gasteiger partial charge in [0.05, 0.1) is 5.56 Å². The van der Waals surface area contributed by atoms with Gasteiger partial charge in [-0.2, -0.15) is 5.10 Å². The Morgan fingerprint density at radius 1 is 1.07 bits per heavy atom. The van der Waals surface area contributed by atoms with Gasteiger partial charge in [-0.1, -0.05) is 23.2 Å². The molecule has 0 atom stereocenters. The van der Waals surface area contributed by atoms with Crippen LogP contribution in [0.3, 0.4) is 0 Å². The molecule has 0 spiro atoms. The highest BCUT2D eigenvalue weighted by atomic mass is 35.5. The van der Waals surface area contributed by atoms with Gasteiger partial charge >= 0.3 is 0 Å². The first-order valence-corrected chi connectivity index (χ1v) is 4.46. The van der Waals surface area contributed by atoms with E-state index in [1.165, 1.54) is 12.7 Å². The zero-order valence-corrected chi connectivity index (χ0v) is 8.66. The number of rotatable bonds is 1. The van der Waals surface area contributed by atoms with E-state index in [4.69, 9.17) is 23.2 Å². The summed E-state index contributed by atoms with van der Waals surface area (Å²) in [5.41, 5.74) is 0.496. The standard InChI is InChI=1S/C7H5Cl2N5/c1-14-7(12-3-13-14)4-5(8)10-2-11-6(4)9/h2-3H,1H3. The number of aromatic nitrogens is 5. The van der Waals surface area contributed by atoms with E-state index in [-0.39, 0.29) is 10.3 Å². The van der Waals surface area contributed by atoms with Gasteiger partial charge in [0.2, 0.25) is 0 Å². The van der Waals surface area contributed by atoms with Gasteiger partial charge in [0.15, 0.2) is 5.82 Å². The number of hydrogen-bond donors (Lipinski definition) is 0. The summed E-state index contributed by atoms with van der Waals surface area (Å²) in [5.74, 6) is 0.542. The van der Waals surface area contributed by atoms with Gasteiger partial charge in [0.25, 0.3) is 0 Å². The highest BCUT2D eigenvalue weighted by Crippen LogP contribution is 2.29. The lowest BCUT2D eigenvalue weighted by molar-refractivity contribution is 0.773. The third-order valence-corrected chi connectivity index (χ3v) is 2.26. The van der Waals surface area contributed by atoms with Crippen LogP contribution in [0.15, 0.2) is 12.7 Å². The first kappa shape index (κ1) is 9.36. The summed E-state index contributed by atoms with van der Waals surface area (Å²) in [6.45, 7) is 0. The Balaban J connectivity index is 2.68. The van der Waals surface area contributed by atoms with Gasteiger partial charge in [0, 0.05) is 7.05 Å². The predicted octanol–water partition coefficient (Wildman–Crippen LogP) is 1.58. The molecule has 2 heterocycles. The van der Waals surface area contributed by atoms with E-state index in [0.717, 1.165) is 0 Å². The zero-order valence-electron chi connectivity index (χ0n) is 7.15. The maximum Gasteiger partial charge on any atom is 0.164 e. The number of aryl methyl sites for hydroxylation is 1. The molecule has 14 heavy (non-hydrogen) atoms. The molecule has 0 fully saturated rings. The van der Waals surface area contributed by atoms with E-state index in [9.17, 15) is 0 Å². The first-order valence-electron chi connectivity index (χ1n) is 3.70. The van der Waals surface area contributed by atoms with Crippen molar-refractivity contribution in [3.05, 3.63) is 23.0 Å². The smallest absolute Gasteiger partial charge is 0.164 e. The normalized spacial score (nSPS) is 10.5. The molecule has 0 saturated heterocycles. The fourth-order valence-corrected chi connectivity index (χ4v) is 1.54. The van der Waals surface area contributed by atoms with E-state index in [0.29, 0.717) is 11.4 Å². The lowest BCUT2D eigenvalue weighted by Gasteiger charge is -2.02.